The van der Waals surface area contributed by atoms with Gasteiger partial charge in [0.15, 0.2) is 7.98 Å². The topological polar surface area (TPSA) is 15.3 Å². The molecule has 1 spiro atoms. The van der Waals surface area contributed by atoms with Gasteiger partial charge in [0.2, 0.25) is 0 Å². The predicted molar refractivity (Wildman–Crippen MR) is 41.9 cm³/mol. The molecule has 0 aromatic heterocycles. The van der Waals surface area contributed by atoms with Gasteiger partial charge in [0.25, 0.3) is 0 Å². The van der Waals surface area contributed by atoms with Gasteiger partial charge in [0.05, 0.1) is 0 Å². The zero-order valence-corrected chi connectivity index (χ0v) is 6.27. The van der Waals surface area contributed by atoms with Crippen molar-refractivity contribution in [1.82, 2.24) is 10.1 Å². The van der Waals surface area contributed by atoms with Gasteiger partial charge in [0.1, 0.15) is 0 Å². The Balaban J connectivity index is 1.90. The molecule has 0 aromatic rings. The SMILES string of the molecule is [B]N1CC2(CCNCC2)C1. The summed E-state index contributed by atoms with van der Waals surface area (Å²) in [5, 5.41) is 3.36. The summed E-state index contributed by atoms with van der Waals surface area (Å²) in [6.45, 7) is 4.62. The third kappa shape index (κ3) is 0.975. The van der Waals surface area contributed by atoms with Gasteiger partial charge in [-0.05, 0) is 44.4 Å². The van der Waals surface area contributed by atoms with Crippen LogP contribution in [0.4, 0.5) is 0 Å². The van der Waals surface area contributed by atoms with Crippen LogP contribution in [0.15, 0.2) is 0 Å². The van der Waals surface area contributed by atoms with Gasteiger partial charge in [-0.15, -0.1) is 0 Å². The monoisotopic (exact) mass is 136 g/mol. The van der Waals surface area contributed by atoms with E-state index in [9.17, 15) is 0 Å². The predicted octanol–water partition coefficient (Wildman–Crippen LogP) is -0.245. The van der Waals surface area contributed by atoms with Crippen molar-refractivity contribution in [3.05, 3.63) is 0 Å². The highest BCUT2D eigenvalue weighted by atomic mass is 15.1. The molecule has 0 aromatic carbocycles. The Bertz CT molecular complexity index is 116. The highest BCUT2D eigenvalue weighted by Gasteiger charge is 2.40. The summed E-state index contributed by atoms with van der Waals surface area (Å²) in [6.07, 6.45) is 2.64. The maximum absolute atomic E-state index is 5.60. The molecule has 10 heavy (non-hydrogen) atoms. The fraction of sp³-hybridized carbons (Fsp3) is 1.00. The first-order valence-corrected chi connectivity index (χ1v) is 4.01. The summed E-state index contributed by atoms with van der Waals surface area (Å²) in [5.41, 5.74) is 0.611. The van der Waals surface area contributed by atoms with Crippen LogP contribution in [0.3, 0.4) is 0 Å². The van der Waals surface area contributed by atoms with Crippen molar-refractivity contribution >= 4 is 7.98 Å². The fourth-order valence-electron chi connectivity index (χ4n) is 2.09. The van der Waals surface area contributed by atoms with Crippen molar-refractivity contribution < 1.29 is 0 Å². The van der Waals surface area contributed by atoms with Crippen molar-refractivity contribution in [3.63, 3.8) is 0 Å². The molecule has 0 unspecified atom stereocenters. The molecule has 0 amide bonds. The average Bonchev–Trinajstić information content (AvgIpc) is 1.87. The minimum atomic E-state index is 0.611. The molecule has 2 saturated heterocycles. The van der Waals surface area contributed by atoms with E-state index in [4.69, 9.17) is 7.98 Å². The average molecular weight is 136 g/mol. The van der Waals surface area contributed by atoms with Crippen LogP contribution in [0.1, 0.15) is 12.8 Å². The van der Waals surface area contributed by atoms with Crippen LogP contribution >= 0.6 is 0 Å². The number of rotatable bonds is 0. The molecule has 1 N–H and O–H groups in total. The molecule has 54 valence electrons. The second-order valence-electron chi connectivity index (χ2n) is 3.65. The summed E-state index contributed by atoms with van der Waals surface area (Å²) in [7, 11) is 5.60. The maximum atomic E-state index is 5.60. The summed E-state index contributed by atoms with van der Waals surface area (Å²) in [4.78, 5) is 1.92. The van der Waals surface area contributed by atoms with E-state index in [1.807, 2.05) is 4.81 Å². The van der Waals surface area contributed by atoms with Crippen LogP contribution in [-0.4, -0.2) is 39.0 Å². The molecular formula is C7H13BN2. The minimum Gasteiger partial charge on any atom is -0.352 e. The quantitative estimate of drug-likeness (QED) is 0.462. The van der Waals surface area contributed by atoms with E-state index in [-0.39, 0.29) is 0 Å². The Kier molecular flexibility index (Phi) is 1.50. The zero-order valence-electron chi connectivity index (χ0n) is 6.27. The molecule has 2 aliphatic heterocycles. The van der Waals surface area contributed by atoms with Gasteiger partial charge in [-0.1, -0.05) is 0 Å². The van der Waals surface area contributed by atoms with E-state index < -0.39 is 0 Å². The Hall–Kier alpha value is -0.0151. The van der Waals surface area contributed by atoms with Crippen LogP contribution in [0.5, 0.6) is 0 Å². The van der Waals surface area contributed by atoms with Crippen LogP contribution in [0, 0.1) is 5.41 Å². The normalized spacial score (nSPS) is 32.0. The van der Waals surface area contributed by atoms with E-state index >= 15 is 0 Å². The number of piperidine rings is 1. The Morgan fingerprint density at radius 1 is 1.20 bits per heavy atom. The summed E-state index contributed by atoms with van der Waals surface area (Å²) in [5.74, 6) is 0. The van der Waals surface area contributed by atoms with Crippen LogP contribution in [0.25, 0.3) is 0 Å². The van der Waals surface area contributed by atoms with Gasteiger partial charge >= 0.3 is 0 Å². The standard InChI is InChI=1S/C7H13BN2/c8-10-5-7(6-10)1-3-9-4-2-7/h9H,1-6H2. The lowest BCUT2D eigenvalue weighted by atomic mass is 9.71. The number of hydrogen-bond donors (Lipinski definition) is 1. The molecule has 2 nitrogen and oxygen atoms in total. The van der Waals surface area contributed by atoms with Crippen LogP contribution in [-0.2, 0) is 0 Å². The van der Waals surface area contributed by atoms with E-state index in [2.05, 4.69) is 5.32 Å². The van der Waals surface area contributed by atoms with Crippen molar-refractivity contribution in [3.8, 4) is 0 Å². The van der Waals surface area contributed by atoms with Gasteiger partial charge in [0, 0.05) is 0 Å². The first-order valence-electron chi connectivity index (χ1n) is 4.01. The minimum absolute atomic E-state index is 0.611. The lowest BCUT2D eigenvalue weighted by Crippen LogP contribution is -2.58. The molecule has 3 heteroatoms. The van der Waals surface area contributed by atoms with Crippen molar-refractivity contribution in [2.24, 2.45) is 5.41 Å². The van der Waals surface area contributed by atoms with Crippen molar-refractivity contribution in [1.29, 1.82) is 0 Å². The molecule has 0 atom stereocenters. The fourth-order valence-corrected chi connectivity index (χ4v) is 2.09. The van der Waals surface area contributed by atoms with Crippen molar-refractivity contribution in [2.45, 2.75) is 12.8 Å². The highest BCUT2D eigenvalue weighted by molar-refractivity contribution is 6.05. The lowest BCUT2D eigenvalue weighted by Gasteiger charge is -2.51. The van der Waals surface area contributed by atoms with Gasteiger partial charge in [-0.2, -0.15) is 0 Å². The first-order chi connectivity index (χ1) is 4.81. The number of nitrogens with zero attached hydrogens (tertiary/aromatic N) is 1. The zero-order chi connectivity index (χ0) is 7.03. The van der Waals surface area contributed by atoms with Crippen LogP contribution < -0.4 is 5.32 Å². The molecule has 2 radical (unpaired) electrons. The Morgan fingerprint density at radius 2 is 1.80 bits per heavy atom. The van der Waals surface area contributed by atoms with Crippen molar-refractivity contribution in [2.75, 3.05) is 26.2 Å². The first kappa shape index (κ1) is 6.68. The summed E-state index contributed by atoms with van der Waals surface area (Å²) in [6, 6.07) is 0. The molecule has 0 bridgehead atoms. The number of nitrogens with one attached hydrogen (secondary N) is 1. The second-order valence-corrected chi connectivity index (χ2v) is 3.65. The van der Waals surface area contributed by atoms with Crippen LogP contribution in [0.2, 0.25) is 0 Å². The van der Waals surface area contributed by atoms with Gasteiger partial charge < -0.3 is 10.1 Å². The Morgan fingerprint density at radius 3 is 2.30 bits per heavy atom. The number of hydrogen-bond acceptors (Lipinski definition) is 2. The molecule has 2 rings (SSSR count). The third-order valence-corrected chi connectivity index (χ3v) is 2.74. The van der Waals surface area contributed by atoms with E-state index in [1.54, 1.807) is 0 Å². The van der Waals surface area contributed by atoms with E-state index in [0.29, 0.717) is 5.41 Å². The van der Waals surface area contributed by atoms with E-state index in [0.717, 1.165) is 13.1 Å². The molecule has 2 aliphatic rings. The largest absolute Gasteiger partial charge is 0.352 e. The van der Waals surface area contributed by atoms with Gasteiger partial charge in [-0.25, -0.2) is 0 Å². The molecular weight excluding hydrogens is 123 g/mol. The molecule has 2 fully saturated rings. The summed E-state index contributed by atoms with van der Waals surface area (Å²) < 4.78 is 0. The van der Waals surface area contributed by atoms with E-state index in [1.165, 1.54) is 25.9 Å². The third-order valence-electron chi connectivity index (χ3n) is 2.74. The smallest absolute Gasteiger partial charge is 0.182 e. The molecule has 0 aliphatic carbocycles. The maximum Gasteiger partial charge on any atom is 0.182 e. The molecule has 2 heterocycles. The van der Waals surface area contributed by atoms with Gasteiger partial charge in [-0.3, -0.25) is 0 Å². The Labute approximate surface area is 63.4 Å². The second kappa shape index (κ2) is 2.24. The molecule has 0 saturated carbocycles. The highest BCUT2D eigenvalue weighted by Crippen LogP contribution is 2.36. The summed E-state index contributed by atoms with van der Waals surface area (Å²) >= 11 is 0. The lowest BCUT2D eigenvalue weighted by molar-refractivity contribution is 0.0386.